The molecule has 6 heteroatoms. The Labute approximate surface area is 132 Å². The fraction of sp³-hybridized carbons (Fsp3) is 0.118. The predicted molar refractivity (Wildman–Crippen MR) is 86.6 cm³/mol. The molecule has 0 aliphatic rings. The normalized spacial score (nSPS) is 10.7. The number of benzene rings is 1. The lowest BCUT2D eigenvalue weighted by Gasteiger charge is -2.07. The lowest BCUT2D eigenvalue weighted by Crippen LogP contribution is -2.26. The van der Waals surface area contributed by atoms with Crippen molar-refractivity contribution in [2.45, 2.75) is 6.61 Å². The van der Waals surface area contributed by atoms with Crippen LogP contribution in [0, 0.1) is 0 Å². The number of carbonyl (C=O) groups is 1. The largest absolute Gasteiger partial charge is 0.380 e. The molecule has 23 heavy (non-hydrogen) atoms. The number of pyridine rings is 1. The Morgan fingerprint density at radius 3 is 2.96 bits per heavy atom. The number of amides is 1. The van der Waals surface area contributed by atoms with Gasteiger partial charge in [0.05, 0.1) is 6.61 Å². The van der Waals surface area contributed by atoms with Crippen LogP contribution in [0.3, 0.4) is 0 Å². The average Bonchev–Trinajstić information content (AvgIpc) is 2.56. The highest BCUT2D eigenvalue weighted by Crippen LogP contribution is 2.12. The summed E-state index contributed by atoms with van der Waals surface area (Å²) in [5.74, 6) is -0.490. The van der Waals surface area contributed by atoms with Gasteiger partial charge < -0.3 is 10.1 Å². The van der Waals surface area contributed by atoms with Crippen molar-refractivity contribution in [3.05, 3.63) is 76.3 Å². The zero-order chi connectivity index (χ0) is 16.2. The van der Waals surface area contributed by atoms with Crippen LogP contribution in [0.15, 0.2) is 59.7 Å². The molecule has 0 unspecified atom stereocenters. The molecular formula is C17H15N3O3. The summed E-state index contributed by atoms with van der Waals surface area (Å²) in [6.45, 7) is 0.448. The Kier molecular flexibility index (Phi) is 4.16. The van der Waals surface area contributed by atoms with Gasteiger partial charge in [0.25, 0.3) is 11.5 Å². The van der Waals surface area contributed by atoms with E-state index in [4.69, 9.17) is 4.74 Å². The first-order valence-corrected chi connectivity index (χ1v) is 7.04. The van der Waals surface area contributed by atoms with Crippen LogP contribution in [0.25, 0.3) is 5.65 Å². The van der Waals surface area contributed by atoms with E-state index in [0.717, 1.165) is 5.56 Å². The number of aromatic nitrogens is 2. The SMILES string of the molecule is COCc1cccc(NC(=O)c2cnc3ccccn3c2=O)c1. The summed E-state index contributed by atoms with van der Waals surface area (Å²) in [6.07, 6.45) is 2.88. The van der Waals surface area contributed by atoms with Gasteiger partial charge in [-0.2, -0.15) is 0 Å². The fourth-order valence-electron chi connectivity index (χ4n) is 2.29. The number of anilines is 1. The molecule has 3 aromatic rings. The quantitative estimate of drug-likeness (QED) is 0.801. The Morgan fingerprint density at radius 2 is 2.13 bits per heavy atom. The van der Waals surface area contributed by atoms with E-state index in [0.29, 0.717) is 17.9 Å². The van der Waals surface area contributed by atoms with Crippen LogP contribution < -0.4 is 10.9 Å². The van der Waals surface area contributed by atoms with Crippen molar-refractivity contribution in [3.8, 4) is 0 Å². The van der Waals surface area contributed by atoms with Crippen molar-refractivity contribution >= 4 is 17.2 Å². The molecule has 0 radical (unpaired) electrons. The molecule has 0 saturated carbocycles. The van der Waals surface area contributed by atoms with Crippen LogP contribution >= 0.6 is 0 Å². The molecule has 3 rings (SSSR count). The van der Waals surface area contributed by atoms with Gasteiger partial charge in [-0.25, -0.2) is 4.98 Å². The maximum absolute atomic E-state index is 12.4. The highest BCUT2D eigenvalue weighted by molar-refractivity contribution is 6.03. The molecule has 0 fully saturated rings. The molecule has 6 nitrogen and oxygen atoms in total. The summed E-state index contributed by atoms with van der Waals surface area (Å²) >= 11 is 0. The third kappa shape index (κ3) is 3.12. The minimum Gasteiger partial charge on any atom is -0.380 e. The van der Waals surface area contributed by atoms with E-state index in [-0.39, 0.29) is 5.56 Å². The minimum atomic E-state index is -0.490. The Morgan fingerprint density at radius 1 is 1.26 bits per heavy atom. The molecule has 2 heterocycles. The average molecular weight is 309 g/mol. The summed E-state index contributed by atoms with van der Waals surface area (Å²) in [5.41, 5.74) is 1.61. The lowest BCUT2D eigenvalue weighted by molar-refractivity contribution is 0.102. The molecule has 1 aromatic carbocycles. The summed E-state index contributed by atoms with van der Waals surface area (Å²) < 4.78 is 6.41. The summed E-state index contributed by atoms with van der Waals surface area (Å²) in [4.78, 5) is 28.9. The third-order valence-corrected chi connectivity index (χ3v) is 3.35. The third-order valence-electron chi connectivity index (χ3n) is 3.35. The van der Waals surface area contributed by atoms with Crippen molar-refractivity contribution in [2.75, 3.05) is 12.4 Å². The molecule has 0 atom stereocenters. The molecular weight excluding hydrogens is 294 g/mol. The highest BCUT2D eigenvalue weighted by atomic mass is 16.5. The van der Waals surface area contributed by atoms with E-state index < -0.39 is 11.5 Å². The molecule has 0 spiro atoms. The summed E-state index contributed by atoms with van der Waals surface area (Å²) in [5, 5.41) is 2.71. The van der Waals surface area contributed by atoms with Gasteiger partial charge in [0.1, 0.15) is 11.2 Å². The number of nitrogens with one attached hydrogen (secondary N) is 1. The van der Waals surface area contributed by atoms with Crippen molar-refractivity contribution in [1.29, 1.82) is 0 Å². The van der Waals surface area contributed by atoms with E-state index in [1.165, 1.54) is 10.6 Å². The fourth-order valence-corrected chi connectivity index (χ4v) is 2.29. The van der Waals surface area contributed by atoms with Crippen LogP contribution in [0.1, 0.15) is 15.9 Å². The number of rotatable bonds is 4. The lowest BCUT2D eigenvalue weighted by atomic mass is 10.2. The van der Waals surface area contributed by atoms with Crippen molar-refractivity contribution in [3.63, 3.8) is 0 Å². The van der Waals surface area contributed by atoms with E-state index in [1.807, 2.05) is 12.1 Å². The van der Waals surface area contributed by atoms with E-state index >= 15 is 0 Å². The number of fused-ring (bicyclic) bond motifs is 1. The van der Waals surface area contributed by atoms with Crippen molar-refractivity contribution < 1.29 is 9.53 Å². The number of nitrogens with zero attached hydrogens (tertiary/aromatic N) is 2. The number of ether oxygens (including phenoxy) is 1. The topological polar surface area (TPSA) is 72.7 Å². The maximum Gasteiger partial charge on any atom is 0.270 e. The first kappa shape index (κ1) is 14.9. The van der Waals surface area contributed by atoms with Gasteiger partial charge in [-0.05, 0) is 29.8 Å². The smallest absolute Gasteiger partial charge is 0.270 e. The van der Waals surface area contributed by atoms with Crippen LogP contribution in [0.2, 0.25) is 0 Å². The first-order valence-electron chi connectivity index (χ1n) is 7.04. The Hall–Kier alpha value is -2.99. The van der Waals surface area contributed by atoms with Gasteiger partial charge in [-0.1, -0.05) is 18.2 Å². The van der Waals surface area contributed by atoms with E-state index in [2.05, 4.69) is 10.3 Å². The molecule has 0 bridgehead atoms. The molecule has 0 saturated heterocycles. The number of methoxy groups -OCH3 is 1. The standard InChI is InChI=1S/C17H15N3O3/c1-23-11-12-5-4-6-13(9-12)19-16(21)14-10-18-15-7-2-3-8-20(15)17(14)22/h2-10H,11H2,1H3,(H,19,21). The van der Waals surface area contributed by atoms with Crippen LogP contribution in [0.5, 0.6) is 0 Å². The maximum atomic E-state index is 12.4. The monoisotopic (exact) mass is 309 g/mol. The molecule has 2 aromatic heterocycles. The molecule has 116 valence electrons. The molecule has 0 aliphatic heterocycles. The number of hydrogen-bond acceptors (Lipinski definition) is 4. The number of carbonyl (C=O) groups excluding carboxylic acids is 1. The molecule has 1 amide bonds. The van der Waals surface area contributed by atoms with Crippen LogP contribution in [0.4, 0.5) is 5.69 Å². The van der Waals surface area contributed by atoms with Crippen LogP contribution in [-0.4, -0.2) is 22.4 Å². The van der Waals surface area contributed by atoms with Crippen molar-refractivity contribution in [2.24, 2.45) is 0 Å². The second kappa shape index (κ2) is 6.41. The second-order valence-electron chi connectivity index (χ2n) is 4.99. The first-order chi connectivity index (χ1) is 11.2. The van der Waals surface area contributed by atoms with Gasteiger partial charge in [0, 0.05) is 25.2 Å². The summed E-state index contributed by atoms with van der Waals surface area (Å²) in [7, 11) is 1.60. The summed E-state index contributed by atoms with van der Waals surface area (Å²) in [6, 6.07) is 12.5. The van der Waals surface area contributed by atoms with Gasteiger partial charge in [0.15, 0.2) is 0 Å². The minimum absolute atomic E-state index is 0.00848. The van der Waals surface area contributed by atoms with Crippen LogP contribution in [-0.2, 0) is 11.3 Å². The zero-order valence-electron chi connectivity index (χ0n) is 12.5. The van der Waals surface area contributed by atoms with Crippen molar-refractivity contribution in [1.82, 2.24) is 9.38 Å². The van der Waals surface area contributed by atoms with Gasteiger partial charge in [-0.3, -0.25) is 14.0 Å². The Balaban J connectivity index is 1.90. The number of hydrogen-bond donors (Lipinski definition) is 1. The molecule has 0 aliphatic carbocycles. The van der Waals surface area contributed by atoms with Gasteiger partial charge >= 0.3 is 0 Å². The van der Waals surface area contributed by atoms with Gasteiger partial charge in [-0.15, -0.1) is 0 Å². The predicted octanol–water partition coefficient (Wildman–Crippen LogP) is 2.09. The van der Waals surface area contributed by atoms with E-state index in [1.54, 1.807) is 43.6 Å². The van der Waals surface area contributed by atoms with Gasteiger partial charge in [0.2, 0.25) is 0 Å². The van der Waals surface area contributed by atoms with E-state index in [9.17, 15) is 9.59 Å². The second-order valence-corrected chi connectivity index (χ2v) is 4.99. The molecule has 1 N–H and O–H groups in total. The Bertz CT molecular complexity index is 918. The highest BCUT2D eigenvalue weighted by Gasteiger charge is 2.13. The zero-order valence-corrected chi connectivity index (χ0v) is 12.5.